The third-order valence-corrected chi connectivity index (χ3v) is 4.42. The summed E-state index contributed by atoms with van der Waals surface area (Å²) in [5, 5.41) is 0. The number of nitrogens with one attached hydrogen (secondary N) is 3. The maximum absolute atomic E-state index is 11.1. The predicted octanol–water partition coefficient (Wildman–Crippen LogP) is 2.85. The first-order valence-electron chi connectivity index (χ1n) is 7.62. The van der Waals surface area contributed by atoms with E-state index < -0.39 is 5.41 Å². The molecule has 3 aromatic rings. The summed E-state index contributed by atoms with van der Waals surface area (Å²) in [7, 11) is 0. The fraction of sp³-hybridized carbons (Fsp3) is 0.167. The lowest BCUT2D eigenvalue weighted by Gasteiger charge is -2.31. The molecule has 24 heavy (non-hydrogen) atoms. The third kappa shape index (κ3) is 2.32. The van der Waals surface area contributed by atoms with Crippen molar-refractivity contribution in [3.63, 3.8) is 0 Å². The van der Waals surface area contributed by atoms with Crippen LogP contribution in [0.4, 0.5) is 0 Å². The van der Waals surface area contributed by atoms with Gasteiger partial charge in [-0.15, -0.1) is 0 Å². The zero-order valence-corrected chi connectivity index (χ0v) is 13.1. The molecule has 0 spiro atoms. The van der Waals surface area contributed by atoms with Crippen molar-refractivity contribution in [3.05, 3.63) is 70.6 Å². The molecule has 3 heterocycles. The minimum atomic E-state index is -0.663. The second kappa shape index (κ2) is 6.16. The van der Waals surface area contributed by atoms with Crippen LogP contribution in [0.3, 0.4) is 0 Å². The highest BCUT2D eigenvalue weighted by atomic mass is 16.1. The van der Waals surface area contributed by atoms with Crippen LogP contribution in [0, 0.1) is 0 Å². The molecule has 0 atom stereocenters. The summed E-state index contributed by atoms with van der Waals surface area (Å²) in [6.45, 7) is 2.00. The number of H-pyrrole nitrogens is 3. The van der Waals surface area contributed by atoms with Crippen molar-refractivity contribution in [2.75, 3.05) is 0 Å². The summed E-state index contributed by atoms with van der Waals surface area (Å²) in [5.74, 6) is 0. The molecule has 0 aromatic carbocycles. The molecule has 0 aliphatic carbocycles. The highest BCUT2D eigenvalue weighted by Crippen LogP contribution is 2.40. The number of carbonyl (C=O) groups excluding carboxylic acids is 3. The molecule has 6 nitrogen and oxygen atoms in total. The van der Waals surface area contributed by atoms with E-state index in [1.807, 2.05) is 25.1 Å². The van der Waals surface area contributed by atoms with E-state index in [0.29, 0.717) is 23.5 Å². The van der Waals surface area contributed by atoms with E-state index in [1.54, 1.807) is 18.2 Å². The topological polar surface area (TPSA) is 98.6 Å². The van der Waals surface area contributed by atoms with Gasteiger partial charge in [0.15, 0.2) is 18.9 Å². The van der Waals surface area contributed by atoms with Crippen LogP contribution in [-0.4, -0.2) is 33.8 Å². The van der Waals surface area contributed by atoms with Gasteiger partial charge in [0.25, 0.3) is 0 Å². The molecule has 6 heteroatoms. The average Bonchev–Trinajstić information content (AvgIpc) is 3.37. The Bertz CT molecular complexity index is 772. The van der Waals surface area contributed by atoms with E-state index in [9.17, 15) is 14.4 Å². The van der Waals surface area contributed by atoms with Gasteiger partial charge in [-0.3, -0.25) is 14.4 Å². The summed E-state index contributed by atoms with van der Waals surface area (Å²) in [4.78, 5) is 42.6. The molecular formula is C18H17N3O3. The highest BCUT2D eigenvalue weighted by molar-refractivity contribution is 5.74. The van der Waals surface area contributed by atoms with Crippen LogP contribution in [0.25, 0.3) is 0 Å². The van der Waals surface area contributed by atoms with Crippen LogP contribution in [-0.2, 0) is 5.41 Å². The van der Waals surface area contributed by atoms with Crippen LogP contribution in [0.1, 0.15) is 61.9 Å². The van der Waals surface area contributed by atoms with E-state index >= 15 is 0 Å². The molecule has 3 rings (SSSR count). The van der Waals surface area contributed by atoms with Gasteiger partial charge in [0.2, 0.25) is 0 Å². The quantitative estimate of drug-likeness (QED) is 0.583. The predicted molar refractivity (Wildman–Crippen MR) is 88.7 cm³/mol. The van der Waals surface area contributed by atoms with Gasteiger partial charge in [0.1, 0.15) is 0 Å². The molecule has 122 valence electrons. The number of hydrogen-bond acceptors (Lipinski definition) is 3. The largest absolute Gasteiger partial charge is 0.355 e. The second-order valence-electron chi connectivity index (χ2n) is 5.59. The SMILES string of the molecule is CCC(c1ccc(C=O)[nH]1)(c1ccc(C=O)[nH]1)c1ccc(C=O)[nH]1. The molecule has 0 fully saturated rings. The molecule has 0 amide bonds. The first-order valence-corrected chi connectivity index (χ1v) is 7.62. The van der Waals surface area contributed by atoms with Gasteiger partial charge in [-0.1, -0.05) is 6.92 Å². The molecule has 0 saturated carbocycles. The summed E-state index contributed by atoms with van der Waals surface area (Å²) in [6, 6.07) is 10.7. The lowest BCUT2D eigenvalue weighted by Crippen LogP contribution is -2.30. The molecule has 0 saturated heterocycles. The van der Waals surface area contributed by atoms with Gasteiger partial charge in [-0.2, -0.15) is 0 Å². The van der Waals surface area contributed by atoms with Gasteiger partial charge in [0, 0.05) is 17.1 Å². The van der Waals surface area contributed by atoms with Crippen molar-refractivity contribution in [3.8, 4) is 0 Å². The van der Waals surface area contributed by atoms with Crippen molar-refractivity contribution < 1.29 is 14.4 Å². The zero-order valence-electron chi connectivity index (χ0n) is 13.1. The Morgan fingerprint density at radius 1 is 0.708 bits per heavy atom. The minimum Gasteiger partial charge on any atom is -0.355 e. The Balaban J connectivity index is 2.26. The molecule has 0 bridgehead atoms. The van der Waals surface area contributed by atoms with Gasteiger partial charge < -0.3 is 15.0 Å². The van der Waals surface area contributed by atoms with Gasteiger partial charge in [-0.25, -0.2) is 0 Å². The second-order valence-corrected chi connectivity index (χ2v) is 5.59. The van der Waals surface area contributed by atoms with Gasteiger partial charge in [-0.05, 0) is 42.8 Å². The van der Waals surface area contributed by atoms with E-state index in [-0.39, 0.29) is 0 Å². The third-order valence-electron chi connectivity index (χ3n) is 4.42. The zero-order chi connectivity index (χ0) is 17.2. The van der Waals surface area contributed by atoms with Crippen LogP contribution in [0.2, 0.25) is 0 Å². The van der Waals surface area contributed by atoms with Crippen LogP contribution in [0.5, 0.6) is 0 Å². The lowest BCUT2D eigenvalue weighted by molar-refractivity contribution is 0.111. The molecule has 3 N–H and O–H groups in total. The molecular weight excluding hydrogens is 306 g/mol. The Morgan fingerprint density at radius 3 is 1.25 bits per heavy atom. The molecule has 0 unspecified atom stereocenters. The van der Waals surface area contributed by atoms with E-state index in [1.165, 1.54) is 0 Å². The normalized spacial score (nSPS) is 11.4. The first-order chi connectivity index (χ1) is 11.7. The Labute approximate surface area is 138 Å². The summed E-state index contributed by atoms with van der Waals surface area (Å²) < 4.78 is 0. The number of aromatic nitrogens is 3. The van der Waals surface area contributed by atoms with E-state index in [4.69, 9.17) is 0 Å². The monoisotopic (exact) mass is 323 g/mol. The van der Waals surface area contributed by atoms with Gasteiger partial charge in [0.05, 0.1) is 22.5 Å². The number of hydrogen-bond donors (Lipinski definition) is 3. The Hall–Kier alpha value is -3.15. The van der Waals surface area contributed by atoms with Gasteiger partial charge >= 0.3 is 0 Å². The molecule has 0 aliphatic heterocycles. The highest BCUT2D eigenvalue weighted by Gasteiger charge is 2.38. The van der Waals surface area contributed by atoms with E-state index in [0.717, 1.165) is 35.9 Å². The van der Waals surface area contributed by atoms with Crippen LogP contribution >= 0.6 is 0 Å². The average molecular weight is 323 g/mol. The van der Waals surface area contributed by atoms with Crippen molar-refractivity contribution in [1.82, 2.24) is 15.0 Å². The van der Waals surface area contributed by atoms with Crippen molar-refractivity contribution in [1.29, 1.82) is 0 Å². The molecule has 3 aromatic heterocycles. The first kappa shape index (κ1) is 15.7. The summed E-state index contributed by atoms with van der Waals surface area (Å²) in [6.07, 6.45) is 2.90. The summed E-state index contributed by atoms with van der Waals surface area (Å²) in [5.41, 5.74) is 3.12. The van der Waals surface area contributed by atoms with Crippen LogP contribution in [0.15, 0.2) is 36.4 Å². The smallest absolute Gasteiger partial charge is 0.166 e. The number of aromatic amines is 3. The number of carbonyl (C=O) groups is 3. The fourth-order valence-corrected chi connectivity index (χ4v) is 3.20. The maximum atomic E-state index is 11.1. The maximum Gasteiger partial charge on any atom is 0.166 e. The molecule has 0 aliphatic rings. The van der Waals surface area contributed by atoms with E-state index in [2.05, 4.69) is 15.0 Å². The van der Waals surface area contributed by atoms with Crippen molar-refractivity contribution in [2.24, 2.45) is 0 Å². The standard InChI is InChI=1S/C18H17N3O3/c1-2-18(15-6-3-12(9-22)19-15,16-7-4-13(10-23)20-16)17-8-5-14(11-24)21-17/h3-11,19-21H,2H2,1H3. The molecule has 0 radical (unpaired) electrons. The minimum absolute atomic E-state index is 0.465. The van der Waals surface area contributed by atoms with Crippen molar-refractivity contribution >= 4 is 18.9 Å². The Kier molecular flexibility index (Phi) is 4.04. The number of rotatable bonds is 7. The fourth-order valence-electron chi connectivity index (χ4n) is 3.20. The number of aldehydes is 3. The van der Waals surface area contributed by atoms with Crippen molar-refractivity contribution in [2.45, 2.75) is 18.8 Å². The van der Waals surface area contributed by atoms with Crippen LogP contribution < -0.4 is 0 Å². The summed E-state index contributed by atoms with van der Waals surface area (Å²) >= 11 is 0. The lowest BCUT2D eigenvalue weighted by atomic mass is 9.76. The Morgan fingerprint density at radius 2 is 1.04 bits per heavy atom.